The molecule has 0 spiro atoms. The molecule has 0 atom stereocenters. The Kier molecular flexibility index (Phi) is 7.30. The number of thiazole rings is 1. The number of nitrogens with zero attached hydrogens (tertiary/aromatic N) is 1. The third-order valence-electron chi connectivity index (χ3n) is 5.46. The first kappa shape index (κ1) is 25.2. The Labute approximate surface area is 210 Å². The van der Waals surface area contributed by atoms with Crippen molar-refractivity contribution in [2.45, 2.75) is 20.0 Å². The zero-order chi connectivity index (χ0) is 25.9. The number of rotatable bonds is 7. The van der Waals surface area contributed by atoms with Gasteiger partial charge in [-0.25, -0.2) is 4.98 Å². The van der Waals surface area contributed by atoms with Crippen LogP contribution in [0.3, 0.4) is 0 Å². The van der Waals surface area contributed by atoms with Gasteiger partial charge in [0, 0.05) is 5.69 Å². The Morgan fingerprint density at radius 1 is 1.03 bits per heavy atom. The predicted molar refractivity (Wildman–Crippen MR) is 137 cm³/mol. The number of halogens is 3. The van der Waals surface area contributed by atoms with Gasteiger partial charge in [0.1, 0.15) is 5.01 Å². The van der Waals surface area contributed by atoms with Gasteiger partial charge in [-0.15, -0.1) is 11.3 Å². The summed E-state index contributed by atoms with van der Waals surface area (Å²) in [6.07, 6.45) is -0.664. The Morgan fingerprint density at radius 2 is 1.81 bits per heavy atom. The van der Waals surface area contributed by atoms with E-state index in [-0.39, 0.29) is 5.69 Å². The highest BCUT2D eigenvalue weighted by atomic mass is 32.1. The second kappa shape index (κ2) is 10.4. The Balaban J connectivity index is 1.41. The molecule has 9 heteroatoms. The van der Waals surface area contributed by atoms with Gasteiger partial charge in [-0.3, -0.25) is 4.79 Å². The highest BCUT2D eigenvalue weighted by Crippen LogP contribution is 2.32. The molecule has 186 valence electrons. The van der Waals surface area contributed by atoms with Gasteiger partial charge in [0.15, 0.2) is 18.1 Å². The molecular formula is C27H23F3N2O3S. The number of carbonyl (C=O) groups is 1. The molecule has 1 N–H and O–H groups in total. The van der Waals surface area contributed by atoms with E-state index in [0.29, 0.717) is 11.5 Å². The summed E-state index contributed by atoms with van der Waals surface area (Å²) in [5.74, 6) is 0.154. The summed E-state index contributed by atoms with van der Waals surface area (Å²) in [6.45, 7) is 3.75. The molecule has 1 amide bonds. The minimum Gasteiger partial charge on any atom is -0.493 e. The number of amides is 1. The summed E-state index contributed by atoms with van der Waals surface area (Å²) in [7, 11) is 1.48. The smallest absolute Gasteiger partial charge is 0.416 e. The van der Waals surface area contributed by atoms with E-state index in [4.69, 9.17) is 9.47 Å². The van der Waals surface area contributed by atoms with Crippen molar-refractivity contribution in [1.82, 2.24) is 4.98 Å². The molecule has 36 heavy (non-hydrogen) atoms. The molecule has 3 aromatic carbocycles. The average Bonchev–Trinajstić information content (AvgIpc) is 3.23. The van der Waals surface area contributed by atoms with E-state index in [0.717, 1.165) is 32.9 Å². The van der Waals surface area contributed by atoms with Crippen molar-refractivity contribution < 1.29 is 27.4 Å². The second-order valence-corrected chi connectivity index (χ2v) is 9.18. The van der Waals surface area contributed by atoms with Crippen molar-refractivity contribution in [3.8, 4) is 11.5 Å². The fourth-order valence-corrected chi connectivity index (χ4v) is 4.41. The molecule has 0 aliphatic carbocycles. The van der Waals surface area contributed by atoms with Crippen molar-refractivity contribution >= 4 is 45.3 Å². The summed E-state index contributed by atoms with van der Waals surface area (Å²) < 4.78 is 50.6. The number of carbonyl (C=O) groups excluding carboxylic acids is 1. The van der Waals surface area contributed by atoms with Crippen LogP contribution in [0, 0.1) is 13.8 Å². The maximum Gasteiger partial charge on any atom is 0.416 e. The van der Waals surface area contributed by atoms with E-state index >= 15 is 0 Å². The van der Waals surface area contributed by atoms with E-state index in [1.807, 2.05) is 12.2 Å². The lowest BCUT2D eigenvalue weighted by molar-refractivity contribution is -0.137. The van der Waals surface area contributed by atoms with Crippen molar-refractivity contribution in [3.63, 3.8) is 0 Å². The average molecular weight is 513 g/mol. The third kappa shape index (κ3) is 6.04. The number of benzene rings is 3. The summed E-state index contributed by atoms with van der Waals surface area (Å²) in [5.41, 5.74) is 3.43. The van der Waals surface area contributed by atoms with E-state index in [1.54, 1.807) is 29.5 Å². The number of aromatic nitrogens is 1. The molecule has 0 fully saturated rings. The molecular weight excluding hydrogens is 489 g/mol. The highest BCUT2D eigenvalue weighted by Gasteiger charge is 2.30. The molecule has 0 saturated carbocycles. The van der Waals surface area contributed by atoms with Crippen LogP contribution in [0.4, 0.5) is 18.9 Å². The third-order valence-corrected chi connectivity index (χ3v) is 6.44. The van der Waals surface area contributed by atoms with E-state index in [9.17, 15) is 18.0 Å². The van der Waals surface area contributed by atoms with Gasteiger partial charge >= 0.3 is 6.18 Å². The van der Waals surface area contributed by atoms with Crippen LogP contribution in [0.2, 0.25) is 0 Å². The largest absolute Gasteiger partial charge is 0.493 e. The van der Waals surface area contributed by atoms with Gasteiger partial charge in [0.25, 0.3) is 5.91 Å². The van der Waals surface area contributed by atoms with Crippen LogP contribution in [-0.4, -0.2) is 24.6 Å². The van der Waals surface area contributed by atoms with Gasteiger partial charge in [-0.1, -0.05) is 18.2 Å². The molecule has 1 heterocycles. The number of methoxy groups -OCH3 is 1. The van der Waals surface area contributed by atoms with Crippen LogP contribution < -0.4 is 14.8 Å². The maximum absolute atomic E-state index is 12.9. The monoisotopic (exact) mass is 512 g/mol. The predicted octanol–water partition coefficient (Wildman–Crippen LogP) is 7.13. The fraction of sp³-hybridized carbons (Fsp3) is 0.185. The van der Waals surface area contributed by atoms with E-state index in [1.165, 1.54) is 30.4 Å². The van der Waals surface area contributed by atoms with Crippen LogP contribution >= 0.6 is 11.3 Å². The van der Waals surface area contributed by atoms with Gasteiger partial charge in [-0.2, -0.15) is 13.2 Å². The second-order valence-electron chi connectivity index (χ2n) is 8.12. The summed E-state index contributed by atoms with van der Waals surface area (Å²) in [4.78, 5) is 16.9. The Hall–Kier alpha value is -3.85. The summed E-state index contributed by atoms with van der Waals surface area (Å²) >= 11 is 1.61. The van der Waals surface area contributed by atoms with Crippen LogP contribution in [0.5, 0.6) is 11.5 Å². The number of fused-ring (bicyclic) bond motifs is 1. The minimum atomic E-state index is -4.49. The zero-order valence-corrected chi connectivity index (χ0v) is 20.6. The lowest BCUT2D eigenvalue weighted by Gasteiger charge is -2.12. The van der Waals surface area contributed by atoms with Crippen LogP contribution in [0.15, 0.2) is 54.6 Å². The van der Waals surface area contributed by atoms with E-state index in [2.05, 4.69) is 36.3 Å². The molecule has 0 unspecified atom stereocenters. The number of nitrogens with one attached hydrogen (secondary N) is 1. The van der Waals surface area contributed by atoms with Crippen molar-refractivity contribution in [2.24, 2.45) is 0 Å². The molecule has 1 aromatic heterocycles. The lowest BCUT2D eigenvalue weighted by Crippen LogP contribution is -2.20. The fourth-order valence-electron chi connectivity index (χ4n) is 3.46. The topological polar surface area (TPSA) is 60.5 Å². The van der Waals surface area contributed by atoms with Crippen LogP contribution in [0.1, 0.15) is 27.3 Å². The lowest BCUT2D eigenvalue weighted by atomic mass is 10.1. The number of hydrogen-bond donors (Lipinski definition) is 1. The summed E-state index contributed by atoms with van der Waals surface area (Å²) in [6, 6.07) is 13.9. The van der Waals surface area contributed by atoms with Gasteiger partial charge in [0.05, 0.1) is 22.9 Å². The molecule has 0 saturated heterocycles. The molecule has 0 aliphatic rings. The molecule has 5 nitrogen and oxygen atoms in total. The molecule has 4 aromatic rings. The van der Waals surface area contributed by atoms with Crippen molar-refractivity contribution in [2.75, 3.05) is 19.0 Å². The van der Waals surface area contributed by atoms with Crippen LogP contribution in [-0.2, 0) is 11.0 Å². The van der Waals surface area contributed by atoms with Crippen LogP contribution in [0.25, 0.3) is 22.4 Å². The normalized spacial score (nSPS) is 11.7. The zero-order valence-electron chi connectivity index (χ0n) is 19.8. The highest BCUT2D eigenvalue weighted by molar-refractivity contribution is 7.19. The molecule has 4 rings (SSSR count). The molecule has 0 bridgehead atoms. The Bertz CT molecular complexity index is 1410. The Morgan fingerprint density at radius 3 is 2.56 bits per heavy atom. The molecule has 0 radical (unpaired) electrons. The standard InChI is InChI=1S/C27H23F3N2O3S/c1-16-11-21-24(12-17(16)2)36-26(32-21)10-8-18-7-9-22(23(13-18)34-3)35-15-25(33)31-20-6-4-5-19(14-20)27(28,29)30/h4-14H,15H2,1-3H3,(H,31,33)/b10-8+. The summed E-state index contributed by atoms with van der Waals surface area (Å²) in [5, 5.41) is 3.28. The SMILES string of the molecule is COc1cc(/C=C/c2nc3cc(C)c(C)cc3s2)ccc1OCC(=O)Nc1cccc(C(F)(F)F)c1. The van der Waals surface area contributed by atoms with E-state index < -0.39 is 24.3 Å². The quantitative estimate of drug-likeness (QED) is 0.286. The first-order chi connectivity index (χ1) is 17.1. The first-order valence-corrected chi connectivity index (χ1v) is 11.8. The number of ether oxygens (including phenoxy) is 2. The first-order valence-electron chi connectivity index (χ1n) is 11.0. The van der Waals surface area contributed by atoms with Crippen molar-refractivity contribution in [3.05, 3.63) is 81.9 Å². The maximum atomic E-state index is 12.9. The number of alkyl halides is 3. The van der Waals surface area contributed by atoms with Gasteiger partial charge in [-0.05, 0) is 79.1 Å². The number of aryl methyl sites for hydroxylation is 2. The minimum absolute atomic E-state index is 0.0334. The molecule has 0 aliphatic heterocycles. The van der Waals surface area contributed by atoms with Crippen molar-refractivity contribution in [1.29, 1.82) is 0 Å². The van der Waals surface area contributed by atoms with Gasteiger partial charge in [0.2, 0.25) is 0 Å². The van der Waals surface area contributed by atoms with Gasteiger partial charge < -0.3 is 14.8 Å². The number of hydrogen-bond acceptors (Lipinski definition) is 5. The number of anilines is 1.